The van der Waals surface area contributed by atoms with Crippen LogP contribution in [0.4, 0.5) is 0 Å². The van der Waals surface area contributed by atoms with E-state index in [1.165, 1.54) is 0 Å². The van der Waals surface area contributed by atoms with Crippen molar-refractivity contribution in [3.8, 4) is 5.75 Å². The maximum atomic E-state index is 14.5. The predicted octanol–water partition coefficient (Wildman–Crippen LogP) is 7.06. The Hall–Kier alpha value is -5.91. The lowest BCUT2D eigenvalue weighted by Crippen LogP contribution is -2.57. The molecule has 12 heteroatoms. The molecule has 4 aromatic carbocycles. The summed E-state index contributed by atoms with van der Waals surface area (Å²) in [6, 6.07) is 28.3. The Bertz CT molecular complexity index is 2060. The number of phenols is 1. The van der Waals surface area contributed by atoms with Crippen molar-refractivity contribution in [3.05, 3.63) is 114 Å². The molecule has 8 N–H and O–H groups in total. The number of hydrogen-bond acceptors (Lipinski definition) is 6. The molecule has 0 aromatic heterocycles. The van der Waals surface area contributed by atoms with Crippen molar-refractivity contribution in [1.29, 1.82) is 5.41 Å². The minimum atomic E-state index is -0.996. The lowest BCUT2D eigenvalue weighted by molar-refractivity contribution is -0.134. The van der Waals surface area contributed by atoms with E-state index in [2.05, 4.69) is 45.5 Å². The van der Waals surface area contributed by atoms with Gasteiger partial charge in [-0.1, -0.05) is 143 Å². The number of fused-ring (bicyclic) bond motifs is 1. The number of aromatic hydroxyl groups is 1. The van der Waals surface area contributed by atoms with Gasteiger partial charge in [-0.2, -0.15) is 0 Å². The van der Waals surface area contributed by atoms with E-state index in [0.717, 1.165) is 91.7 Å². The molecule has 4 unspecified atom stereocenters. The monoisotopic (exact) mass is 860 g/mol. The van der Waals surface area contributed by atoms with Crippen molar-refractivity contribution in [2.45, 2.75) is 127 Å². The van der Waals surface area contributed by atoms with Crippen LogP contribution in [0, 0.1) is 11.3 Å². The van der Waals surface area contributed by atoms with Crippen molar-refractivity contribution in [2.24, 2.45) is 11.7 Å². The third-order valence-electron chi connectivity index (χ3n) is 12.1. The molecule has 0 radical (unpaired) electrons. The minimum Gasteiger partial charge on any atom is -0.508 e. The van der Waals surface area contributed by atoms with Crippen LogP contribution in [0.5, 0.6) is 5.75 Å². The van der Waals surface area contributed by atoms with Crippen LogP contribution in [0.3, 0.4) is 0 Å². The first-order chi connectivity index (χ1) is 30.5. The number of likely N-dealkylation sites (N-methyl/N-ethyl adjacent to an activating group) is 1. The number of guanidine groups is 1. The highest BCUT2D eigenvalue weighted by Crippen LogP contribution is 2.22. The molecule has 4 atom stereocenters. The molecule has 1 fully saturated rings. The molecule has 12 nitrogen and oxygen atoms in total. The van der Waals surface area contributed by atoms with Gasteiger partial charge in [-0.25, -0.2) is 0 Å². The van der Waals surface area contributed by atoms with Crippen LogP contribution < -0.4 is 27.0 Å². The third-order valence-corrected chi connectivity index (χ3v) is 12.1. The lowest BCUT2D eigenvalue weighted by Gasteiger charge is -2.29. The van der Waals surface area contributed by atoms with Crippen molar-refractivity contribution in [2.75, 3.05) is 20.1 Å². The zero-order chi connectivity index (χ0) is 44.8. The highest BCUT2D eigenvalue weighted by atomic mass is 16.3. The Morgan fingerprint density at radius 3 is 1.95 bits per heavy atom. The number of nitrogens with zero attached hydrogens (tertiary/aromatic N) is 1. The first-order valence-corrected chi connectivity index (χ1v) is 23.1. The molecule has 4 aromatic rings. The SMILES string of the molecule is CN1CC(Cc2ccc3ccccc3c2)NC(=O)C(CCCNC(=N)N)NC(=O)C(Cc2ccccc2)NC(=O)C(Cc2ccc(O)cc2)CCCCCCCCCCCCC1=O. The molecule has 0 aliphatic carbocycles. The van der Waals surface area contributed by atoms with Crippen LogP contribution in [-0.2, 0) is 38.4 Å². The second-order valence-corrected chi connectivity index (χ2v) is 17.3. The van der Waals surface area contributed by atoms with Gasteiger partial charge in [0.15, 0.2) is 5.96 Å². The largest absolute Gasteiger partial charge is 0.508 e. The number of benzene rings is 4. The molecule has 1 aliphatic rings. The summed E-state index contributed by atoms with van der Waals surface area (Å²) in [5.74, 6) is -1.55. The number of nitrogens with one attached hydrogen (secondary N) is 5. The summed E-state index contributed by atoms with van der Waals surface area (Å²) >= 11 is 0. The summed E-state index contributed by atoms with van der Waals surface area (Å²) in [5, 5.41) is 31.9. The lowest BCUT2D eigenvalue weighted by atomic mass is 9.91. The standard InChI is InChI=1S/C51H69N7O5/c1-58-36-43(34-39-25-28-40-20-15-16-21-41(40)33-39)55-49(62)45(23-17-31-54-51(52)53)56-50(63)46(35-37-18-11-10-12-19-37)57-48(61)42(32-38-26-29-44(59)30-27-38)22-13-8-6-4-2-3-5-7-9-14-24-47(58)60/h10-12,15-16,18-21,25-30,33,42-43,45-46,59H,2-9,13-14,17,22-24,31-32,34-36H2,1H3,(H,55,62)(H,56,63)(H,57,61)(H4,52,53,54). The Morgan fingerprint density at radius 1 is 0.667 bits per heavy atom. The molecular formula is C51H69N7O5. The molecule has 0 bridgehead atoms. The van der Waals surface area contributed by atoms with Crippen LogP contribution in [-0.4, -0.2) is 77.9 Å². The molecule has 1 aliphatic heterocycles. The Balaban J connectivity index is 1.43. The first kappa shape index (κ1) is 48.1. The molecule has 0 saturated carbocycles. The van der Waals surface area contributed by atoms with E-state index in [0.29, 0.717) is 38.6 Å². The summed E-state index contributed by atoms with van der Waals surface area (Å²) in [6.07, 6.45) is 13.3. The Labute approximate surface area is 373 Å². The van der Waals surface area contributed by atoms with Gasteiger partial charge in [0, 0.05) is 38.9 Å². The number of amides is 4. The van der Waals surface area contributed by atoms with Crippen LogP contribution >= 0.6 is 0 Å². The summed E-state index contributed by atoms with van der Waals surface area (Å²) in [5.41, 5.74) is 8.34. The number of carbonyl (C=O) groups excluding carboxylic acids is 4. The quantitative estimate of drug-likeness (QED) is 0.0505. The van der Waals surface area contributed by atoms with Crippen LogP contribution in [0.2, 0.25) is 0 Å². The van der Waals surface area contributed by atoms with Gasteiger partial charge in [-0.15, -0.1) is 0 Å². The number of phenolic OH excluding ortho intramolecular Hbond substituents is 1. The van der Waals surface area contributed by atoms with E-state index < -0.39 is 35.9 Å². The van der Waals surface area contributed by atoms with Gasteiger partial charge < -0.3 is 37.0 Å². The topological polar surface area (TPSA) is 190 Å². The average Bonchev–Trinajstić information content (AvgIpc) is 3.27. The maximum Gasteiger partial charge on any atom is 0.243 e. The number of carbonyl (C=O) groups is 4. The van der Waals surface area contributed by atoms with Crippen LogP contribution in [0.15, 0.2) is 97.1 Å². The molecule has 5 rings (SSSR count). The zero-order valence-corrected chi connectivity index (χ0v) is 37.1. The maximum absolute atomic E-state index is 14.5. The van der Waals surface area contributed by atoms with E-state index in [1.54, 1.807) is 24.1 Å². The average molecular weight is 860 g/mol. The zero-order valence-electron chi connectivity index (χ0n) is 37.1. The Kier molecular flexibility index (Phi) is 19.8. The number of hydrogen-bond donors (Lipinski definition) is 7. The van der Waals surface area contributed by atoms with Gasteiger partial charge in [-0.3, -0.25) is 24.6 Å². The normalized spacial score (nSPS) is 21.0. The predicted molar refractivity (Wildman–Crippen MR) is 251 cm³/mol. The van der Waals surface area contributed by atoms with E-state index in [-0.39, 0.29) is 42.9 Å². The highest BCUT2D eigenvalue weighted by Gasteiger charge is 2.31. The van der Waals surface area contributed by atoms with Crippen molar-refractivity contribution in [1.82, 2.24) is 26.2 Å². The van der Waals surface area contributed by atoms with Gasteiger partial charge in [0.25, 0.3) is 0 Å². The molecule has 4 amide bonds. The van der Waals surface area contributed by atoms with Crippen molar-refractivity contribution >= 4 is 40.4 Å². The van der Waals surface area contributed by atoms with E-state index in [4.69, 9.17) is 11.1 Å². The number of nitrogens with two attached hydrogens (primary N) is 1. The molecule has 0 spiro atoms. The van der Waals surface area contributed by atoms with Gasteiger partial charge in [0.05, 0.1) is 6.04 Å². The van der Waals surface area contributed by atoms with E-state index in [9.17, 15) is 24.3 Å². The fourth-order valence-electron chi connectivity index (χ4n) is 8.48. The first-order valence-electron chi connectivity index (χ1n) is 23.1. The van der Waals surface area contributed by atoms with Gasteiger partial charge in [0.1, 0.15) is 17.8 Å². The van der Waals surface area contributed by atoms with Gasteiger partial charge in [0.2, 0.25) is 23.6 Å². The second kappa shape index (κ2) is 25.9. The Morgan fingerprint density at radius 2 is 1.25 bits per heavy atom. The van der Waals surface area contributed by atoms with Crippen molar-refractivity contribution < 1.29 is 24.3 Å². The van der Waals surface area contributed by atoms with Crippen molar-refractivity contribution in [3.63, 3.8) is 0 Å². The van der Waals surface area contributed by atoms with Crippen LogP contribution in [0.1, 0.15) is 107 Å². The second-order valence-electron chi connectivity index (χ2n) is 17.3. The van der Waals surface area contributed by atoms with Gasteiger partial charge in [-0.05, 0) is 78.1 Å². The molecule has 338 valence electrons. The molecule has 1 heterocycles. The molecule has 1 saturated heterocycles. The molecular weight excluding hydrogens is 791 g/mol. The summed E-state index contributed by atoms with van der Waals surface area (Å²) in [7, 11) is 1.78. The minimum absolute atomic E-state index is 0.0293. The third kappa shape index (κ3) is 17.1. The number of rotatable bonds is 10. The fraction of sp³-hybridized carbons (Fsp3) is 0.471. The smallest absolute Gasteiger partial charge is 0.243 e. The van der Waals surface area contributed by atoms with Crippen LogP contribution in [0.25, 0.3) is 10.8 Å². The van der Waals surface area contributed by atoms with E-state index >= 15 is 0 Å². The summed E-state index contributed by atoms with van der Waals surface area (Å²) in [6.45, 7) is 0.592. The summed E-state index contributed by atoms with van der Waals surface area (Å²) < 4.78 is 0. The van der Waals surface area contributed by atoms with Gasteiger partial charge >= 0.3 is 0 Å². The van der Waals surface area contributed by atoms with E-state index in [1.807, 2.05) is 60.7 Å². The highest BCUT2D eigenvalue weighted by molar-refractivity contribution is 5.93. The fourth-order valence-corrected chi connectivity index (χ4v) is 8.48. The molecule has 63 heavy (non-hydrogen) atoms. The summed E-state index contributed by atoms with van der Waals surface area (Å²) in [4.78, 5) is 58.6.